The Morgan fingerprint density at radius 1 is 0.838 bits per heavy atom. The zero-order valence-electron chi connectivity index (χ0n) is 21.0. The molecule has 0 fully saturated rings. The second-order valence-electron chi connectivity index (χ2n) is 7.95. The zero-order valence-corrected chi connectivity index (χ0v) is 21.0. The van der Waals surface area contributed by atoms with Crippen LogP contribution < -0.4 is 25.5 Å². The maximum atomic E-state index is 12.4. The summed E-state index contributed by atoms with van der Waals surface area (Å²) in [5, 5.41) is 9.25. The van der Waals surface area contributed by atoms with E-state index < -0.39 is 11.8 Å². The molecule has 0 spiro atoms. The number of carbonyl (C=O) groups is 3. The van der Waals surface area contributed by atoms with Crippen molar-refractivity contribution in [3.05, 3.63) is 83.4 Å². The van der Waals surface area contributed by atoms with E-state index in [-0.39, 0.29) is 12.5 Å². The average Bonchev–Trinajstić information content (AvgIpc) is 2.90. The second-order valence-corrected chi connectivity index (χ2v) is 7.95. The first-order chi connectivity index (χ1) is 17.9. The van der Waals surface area contributed by atoms with Gasteiger partial charge in [0.25, 0.3) is 5.91 Å². The van der Waals surface area contributed by atoms with Crippen molar-refractivity contribution in [2.24, 2.45) is 5.10 Å². The van der Waals surface area contributed by atoms with Gasteiger partial charge in [-0.3, -0.25) is 14.4 Å². The van der Waals surface area contributed by atoms with Crippen molar-refractivity contribution in [2.75, 3.05) is 23.8 Å². The monoisotopic (exact) mass is 502 g/mol. The van der Waals surface area contributed by atoms with E-state index in [0.29, 0.717) is 29.4 Å². The van der Waals surface area contributed by atoms with Crippen molar-refractivity contribution in [1.82, 2.24) is 5.43 Å². The van der Waals surface area contributed by atoms with Gasteiger partial charge < -0.3 is 20.1 Å². The summed E-state index contributed by atoms with van der Waals surface area (Å²) in [6.07, 6.45) is 2.17. The van der Waals surface area contributed by atoms with Gasteiger partial charge in [-0.1, -0.05) is 43.3 Å². The molecule has 0 saturated carbocycles. The average molecular weight is 503 g/mol. The number of para-hydroxylation sites is 2. The minimum atomic E-state index is -0.903. The lowest BCUT2D eigenvalue weighted by atomic mass is 10.1. The van der Waals surface area contributed by atoms with Gasteiger partial charge in [0.05, 0.1) is 12.8 Å². The lowest BCUT2D eigenvalue weighted by molar-refractivity contribution is -0.136. The molecule has 3 aromatic carbocycles. The van der Waals surface area contributed by atoms with Crippen molar-refractivity contribution >= 4 is 35.3 Å². The van der Waals surface area contributed by atoms with E-state index >= 15 is 0 Å². The predicted molar refractivity (Wildman–Crippen MR) is 143 cm³/mol. The molecule has 192 valence electrons. The number of hydrogen-bond acceptors (Lipinski definition) is 6. The number of benzene rings is 3. The third-order valence-corrected chi connectivity index (χ3v) is 5.28. The van der Waals surface area contributed by atoms with Gasteiger partial charge in [-0.2, -0.15) is 5.10 Å². The molecule has 0 radical (unpaired) electrons. The Hall–Kier alpha value is -4.66. The number of nitrogens with one attached hydrogen (secondary N) is 3. The quantitative estimate of drug-likeness (QED) is 0.220. The van der Waals surface area contributed by atoms with Crippen LogP contribution in [0.2, 0.25) is 0 Å². The fourth-order valence-corrected chi connectivity index (χ4v) is 3.38. The number of aryl methyl sites for hydroxylation is 2. The lowest BCUT2D eigenvalue weighted by Crippen LogP contribution is -2.32. The molecule has 0 atom stereocenters. The molecule has 0 heterocycles. The number of carbonyl (C=O) groups excluding carboxylic acids is 3. The van der Waals surface area contributed by atoms with Gasteiger partial charge in [0.2, 0.25) is 0 Å². The number of hydrogen-bond donors (Lipinski definition) is 3. The van der Waals surface area contributed by atoms with Gasteiger partial charge >= 0.3 is 11.8 Å². The summed E-state index contributed by atoms with van der Waals surface area (Å²) in [4.78, 5) is 36.6. The number of rotatable bonds is 10. The minimum absolute atomic E-state index is 0.197. The van der Waals surface area contributed by atoms with Crippen molar-refractivity contribution in [3.8, 4) is 11.5 Å². The van der Waals surface area contributed by atoms with Gasteiger partial charge in [-0.05, 0) is 67.3 Å². The molecule has 0 bridgehead atoms. The molecule has 3 amide bonds. The van der Waals surface area contributed by atoms with E-state index in [1.165, 1.54) is 6.21 Å². The highest BCUT2D eigenvalue weighted by atomic mass is 16.5. The Bertz CT molecular complexity index is 1290. The highest BCUT2D eigenvalue weighted by Gasteiger charge is 2.14. The van der Waals surface area contributed by atoms with Crippen LogP contribution in [0.15, 0.2) is 71.8 Å². The molecule has 0 aliphatic carbocycles. The van der Waals surface area contributed by atoms with E-state index in [0.717, 1.165) is 23.2 Å². The SMILES string of the molecule is CCOc1cc(/C=N\NC(=O)C(=O)Nc2ccccc2C)ccc1OCC(=O)Nc1ccccc1CC. The highest BCUT2D eigenvalue weighted by Crippen LogP contribution is 2.28. The zero-order chi connectivity index (χ0) is 26.6. The maximum Gasteiger partial charge on any atom is 0.329 e. The molecule has 3 N–H and O–H groups in total. The number of nitrogens with zero attached hydrogens (tertiary/aromatic N) is 1. The molecule has 0 unspecified atom stereocenters. The first-order valence-electron chi connectivity index (χ1n) is 11.9. The Balaban J connectivity index is 1.57. The van der Waals surface area contributed by atoms with Crippen LogP contribution in [0.3, 0.4) is 0 Å². The normalized spacial score (nSPS) is 10.6. The van der Waals surface area contributed by atoms with Gasteiger partial charge in [0.15, 0.2) is 18.1 Å². The van der Waals surface area contributed by atoms with Crippen LogP contribution in [0.5, 0.6) is 11.5 Å². The summed E-state index contributed by atoms with van der Waals surface area (Å²) in [5.41, 5.74) is 5.97. The summed E-state index contributed by atoms with van der Waals surface area (Å²) in [7, 11) is 0. The van der Waals surface area contributed by atoms with E-state index in [2.05, 4.69) is 21.2 Å². The Morgan fingerprint density at radius 2 is 1.57 bits per heavy atom. The second kappa shape index (κ2) is 13.4. The van der Waals surface area contributed by atoms with E-state index in [1.807, 2.05) is 57.2 Å². The van der Waals surface area contributed by atoms with Crippen molar-refractivity contribution < 1.29 is 23.9 Å². The van der Waals surface area contributed by atoms with Crippen molar-refractivity contribution in [3.63, 3.8) is 0 Å². The molecular weight excluding hydrogens is 472 g/mol. The van der Waals surface area contributed by atoms with Crippen molar-refractivity contribution in [1.29, 1.82) is 0 Å². The smallest absolute Gasteiger partial charge is 0.329 e. The molecule has 9 nitrogen and oxygen atoms in total. The molecule has 3 rings (SSSR count). The highest BCUT2D eigenvalue weighted by molar-refractivity contribution is 6.39. The predicted octanol–water partition coefficient (Wildman–Crippen LogP) is 4.06. The fourth-order valence-electron chi connectivity index (χ4n) is 3.38. The largest absolute Gasteiger partial charge is 0.490 e. The molecule has 0 aromatic heterocycles. The summed E-state index contributed by atoms with van der Waals surface area (Å²) < 4.78 is 11.3. The first kappa shape index (κ1) is 26.9. The van der Waals surface area contributed by atoms with Crippen LogP contribution >= 0.6 is 0 Å². The molecule has 0 aliphatic heterocycles. The number of amides is 3. The van der Waals surface area contributed by atoms with Gasteiger partial charge in [0, 0.05) is 11.4 Å². The molecule has 9 heteroatoms. The van der Waals surface area contributed by atoms with Crippen LogP contribution in [-0.2, 0) is 20.8 Å². The van der Waals surface area contributed by atoms with Crippen LogP contribution in [-0.4, -0.2) is 37.1 Å². The summed E-state index contributed by atoms with van der Waals surface area (Å²) in [6.45, 7) is 5.85. The van der Waals surface area contributed by atoms with E-state index in [1.54, 1.807) is 30.3 Å². The topological polar surface area (TPSA) is 118 Å². The van der Waals surface area contributed by atoms with Gasteiger partial charge in [-0.15, -0.1) is 0 Å². The Labute approximate surface area is 215 Å². The van der Waals surface area contributed by atoms with Crippen LogP contribution in [0, 0.1) is 6.92 Å². The summed E-state index contributed by atoms with van der Waals surface area (Å²) >= 11 is 0. The van der Waals surface area contributed by atoms with E-state index in [9.17, 15) is 14.4 Å². The standard InChI is InChI=1S/C28H30N4O5/c1-4-21-11-7-9-13-23(21)30-26(33)18-37-24-15-14-20(16-25(24)36-5-2)17-29-32-28(35)27(34)31-22-12-8-6-10-19(22)3/h6-17H,4-5,18H2,1-3H3,(H,30,33)(H,31,34)(H,32,35)/b29-17-. The third-order valence-electron chi connectivity index (χ3n) is 5.28. The van der Waals surface area contributed by atoms with E-state index in [4.69, 9.17) is 9.47 Å². The molecular formula is C28H30N4O5. The van der Waals surface area contributed by atoms with Crippen LogP contribution in [0.4, 0.5) is 11.4 Å². The Morgan fingerprint density at radius 3 is 2.30 bits per heavy atom. The molecule has 3 aromatic rings. The lowest BCUT2D eigenvalue weighted by Gasteiger charge is -2.13. The van der Waals surface area contributed by atoms with Crippen LogP contribution in [0.25, 0.3) is 0 Å². The fraction of sp³-hybridized carbons (Fsp3) is 0.214. The Kier molecular flexibility index (Phi) is 9.78. The number of anilines is 2. The summed E-state index contributed by atoms with van der Waals surface area (Å²) in [6, 6.07) is 19.7. The number of ether oxygens (including phenoxy) is 2. The molecule has 0 aliphatic rings. The van der Waals surface area contributed by atoms with Gasteiger partial charge in [0.1, 0.15) is 0 Å². The van der Waals surface area contributed by atoms with Crippen LogP contribution in [0.1, 0.15) is 30.5 Å². The maximum absolute atomic E-state index is 12.4. The molecule has 37 heavy (non-hydrogen) atoms. The van der Waals surface area contributed by atoms with Crippen molar-refractivity contribution in [2.45, 2.75) is 27.2 Å². The molecule has 0 saturated heterocycles. The first-order valence-corrected chi connectivity index (χ1v) is 11.9. The third kappa shape index (κ3) is 7.93. The summed E-state index contributed by atoms with van der Waals surface area (Å²) in [5.74, 6) is -1.22. The number of hydrazone groups is 1. The van der Waals surface area contributed by atoms with Gasteiger partial charge in [-0.25, -0.2) is 5.43 Å². The minimum Gasteiger partial charge on any atom is -0.490 e.